The molecular formula is C12H17N3O5S2. The summed E-state index contributed by atoms with van der Waals surface area (Å²) in [6, 6.07) is 3.07. The molecule has 22 heavy (non-hydrogen) atoms. The Morgan fingerprint density at radius 3 is 2.45 bits per heavy atom. The van der Waals surface area contributed by atoms with Gasteiger partial charge in [0.15, 0.2) is 19.9 Å². The minimum atomic E-state index is -4.28. The maximum atomic E-state index is 12.1. The van der Waals surface area contributed by atoms with Gasteiger partial charge in [-0.25, -0.2) is 27.0 Å². The summed E-state index contributed by atoms with van der Waals surface area (Å²) in [6.45, 7) is 3.78. The highest BCUT2D eigenvalue weighted by molar-refractivity contribution is 7.93. The molecule has 0 amide bonds. The Kier molecular flexibility index (Phi) is 4.45. The largest absolute Gasteiger partial charge is 0.492 e. The molecule has 0 fully saturated rings. The first-order valence-electron chi connectivity index (χ1n) is 6.61. The smallest absolute Gasteiger partial charge is 0.257 e. The first-order chi connectivity index (χ1) is 10.2. The number of nitrogens with zero attached hydrogens (tertiary/aromatic N) is 2. The van der Waals surface area contributed by atoms with E-state index in [9.17, 15) is 16.8 Å². The predicted molar refractivity (Wildman–Crippen MR) is 80.1 cm³/mol. The molecule has 10 heteroatoms. The fourth-order valence-corrected chi connectivity index (χ4v) is 4.19. The Hall–Kier alpha value is -1.65. The fourth-order valence-electron chi connectivity index (χ4n) is 1.89. The van der Waals surface area contributed by atoms with Gasteiger partial charge in [0.2, 0.25) is 0 Å². The number of hydrogen-bond donors (Lipinski definition) is 1. The third-order valence-electron chi connectivity index (χ3n) is 2.93. The molecule has 2 heterocycles. The number of imidazole rings is 1. The summed E-state index contributed by atoms with van der Waals surface area (Å²) in [6.07, 6.45) is 2.14. The van der Waals surface area contributed by atoms with E-state index >= 15 is 0 Å². The maximum absolute atomic E-state index is 12.1. The zero-order valence-electron chi connectivity index (χ0n) is 12.2. The number of ether oxygens (including phenoxy) is 1. The molecule has 8 nitrogen and oxygen atoms in total. The quantitative estimate of drug-likeness (QED) is 0.815. The van der Waals surface area contributed by atoms with E-state index in [4.69, 9.17) is 9.88 Å². The van der Waals surface area contributed by atoms with E-state index in [1.54, 1.807) is 6.07 Å². The third-order valence-corrected chi connectivity index (χ3v) is 5.63. The average Bonchev–Trinajstić information content (AvgIpc) is 2.84. The van der Waals surface area contributed by atoms with Crippen LogP contribution in [0.1, 0.15) is 20.3 Å². The van der Waals surface area contributed by atoms with Crippen LogP contribution in [0.3, 0.4) is 0 Å². The van der Waals surface area contributed by atoms with Crippen molar-refractivity contribution >= 4 is 25.5 Å². The van der Waals surface area contributed by atoms with Gasteiger partial charge in [0, 0.05) is 0 Å². The van der Waals surface area contributed by atoms with Crippen molar-refractivity contribution < 1.29 is 21.6 Å². The van der Waals surface area contributed by atoms with Gasteiger partial charge in [0.05, 0.1) is 18.6 Å². The van der Waals surface area contributed by atoms with Crippen molar-refractivity contribution in [1.29, 1.82) is 0 Å². The highest BCUT2D eigenvalue weighted by atomic mass is 32.2. The lowest BCUT2D eigenvalue weighted by Crippen LogP contribution is -2.19. The highest BCUT2D eigenvalue weighted by Gasteiger charge is 2.30. The molecule has 2 aromatic heterocycles. The third kappa shape index (κ3) is 3.08. The molecule has 0 atom stereocenters. The van der Waals surface area contributed by atoms with Crippen LogP contribution in [0.25, 0.3) is 5.65 Å². The molecule has 2 aromatic rings. The number of fused-ring (bicyclic) bond motifs is 1. The first-order valence-corrected chi connectivity index (χ1v) is 9.81. The van der Waals surface area contributed by atoms with E-state index in [1.165, 1.54) is 19.2 Å². The van der Waals surface area contributed by atoms with Gasteiger partial charge in [-0.1, -0.05) is 13.8 Å². The van der Waals surface area contributed by atoms with Crippen LogP contribution in [0, 0.1) is 0 Å². The van der Waals surface area contributed by atoms with Crippen LogP contribution in [0.5, 0.6) is 5.75 Å². The van der Waals surface area contributed by atoms with Crippen molar-refractivity contribution in [1.82, 2.24) is 9.38 Å². The van der Waals surface area contributed by atoms with Gasteiger partial charge in [-0.05, 0) is 18.6 Å². The van der Waals surface area contributed by atoms with Crippen LogP contribution < -0.4 is 9.88 Å². The van der Waals surface area contributed by atoms with Gasteiger partial charge in [0.25, 0.3) is 10.0 Å². The number of primary sulfonamides is 1. The molecule has 0 saturated carbocycles. The molecule has 0 spiro atoms. The minimum absolute atomic E-state index is 0.167. The summed E-state index contributed by atoms with van der Waals surface area (Å²) in [5, 5.41) is 4.09. The summed E-state index contributed by atoms with van der Waals surface area (Å²) >= 11 is 0. The zero-order chi connectivity index (χ0) is 16.5. The van der Waals surface area contributed by atoms with Crippen LogP contribution in [0.15, 0.2) is 28.4 Å². The predicted octanol–water partition coefficient (Wildman–Crippen LogP) is 0.564. The summed E-state index contributed by atoms with van der Waals surface area (Å²) in [4.78, 5) is 3.90. The summed E-state index contributed by atoms with van der Waals surface area (Å²) in [5.41, 5.74) is 0.167. The second-order valence-electron chi connectivity index (χ2n) is 4.61. The average molecular weight is 347 g/mol. The number of pyridine rings is 1. The van der Waals surface area contributed by atoms with Crippen LogP contribution in [-0.2, 0) is 19.9 Å². The van der Waals surface area contributed by atoms with Crippen molar-refractivity contribution in [3.63, 3.8) is 0 Å². The van der Waals surface area contributed by atoms with Crippen LogP contribution in [0.4, 0.5) is 0 Å². The number of hydrogen-bond acceptors (Lipinski definition) is 6. The molecule has 0 aromatic carbocycles. The number of aromatic nitrogens is 2. The summed E-state index contributed by atoms with van der Waals surface area (Å²) in [7, 11) is -8.12. The van der Waals surface area contributed by atoms with Crippen LogP contribution in [-0.4, -0.2) is 38.6 Å². The molecule has 0 aliphatic carbocycles. The highest BCUT2D eigenvalue weighted by Crippen LogP contribution is 2.24. The van der Waals surface area contributed by atoms with Crippen LogP contribution in [0.2, 0.25) is 0 Å². The van der Waals surface area contributed by atoms with Crippen molar-refractivity contribution in [2.24, 2.45) is 5.14 Å². The maximum Gasteiger partial charge on any atom is 0.257 e. The van der Waals surface area contributed by atoms with E-state index in [0.717, 1.165) is 10.8 Å². The normalized spacial score (nSPS) is 12.7. The van der Waals surface area contributed by atoms with E-state index in [0.29, 0.717) is 12.4 Å². The number of sulfone groups is 1. The van der Waals surface area contributed by atoms with Crippen molar-refractivity contribution in [2.75, 3.05) is 12.4 Å². The minimum Gasteiger partial charge on any atom is -0.492 e. The lowest BCUT2D eigenvalue weighted by Gasteiger charge is -2.06. The Bertz CT molecular complexity index is 900. The lowest BCUT2D eigenvalue weighted by atomic mass is 10.4. The SMILES string of the molecule is CCCOc1ccc2nc(S(=O)(=O)CC)c(S(N)(=O)=O)n2c1. The number of rotatable bonds is 6. The first kappa shape index (κ1) is 16.7. The van der Waals surface area contributed by atoms with Gasteiger partial charge < -0.3 is 4.74 Å². The van der Waals surface area contributed by atoms with E-state index < -0.39 is 29.9 Å². The summed E-state index contributed by atoms with van der Waals surface area (Å²) in [5.74, 6) is 0.121. The Morgan fingerprint density at radius 1 is 1.23 bits per heavy atom. The second kappa shape index (κ2) is 5.86. The lowest BCUT2D eigenvalue weighted by molar-refractivity contribution is 0.315. The Morgan fingerprint density at radius 2 is 1.91 bits per heavy atom. The van der Waals surface area contributed by atoms with Gasteiger partial charge in [-0.2, -0.15) is 0 Å². The number of sulfonamides is 1. The van der Waals surface area contributed by atoms with Gasteiger partial charge in [0.1, 0.15) is 11.4 Å². The molecule has 0 saturated heterocycles. The van der Waals surface area contributed by atoms with Gasteiger partial charge >= 0.3 is 0 Å². The van der Waals surface area contributed by atoms with Crippen molar-refractivity contribution in [3.05, 3.63) is 18.3 Å². The molecule has 0 aliphatic rings. The molecule has 0 radical (unpaired) electrons. The van der Waals surface area contributed by atoms with E-state index in [2.05, 4.69) is 4.98 Å². The van der Waals surface area contributed by atoms with Gasteiger partial charge in [-0.3, -0.25) is 4.40 Å². The number of nitrogens with two attached hydrogens (primary N) is 1. The van der Waals surface area contributed by atoms with E-state index in [1.807, 2.05) is 6.92 Å². The molecule has 122 valence electrons. The molecule has 0 aliphatic heterocycles. The van der Waals surface area contributed by atoms with Gasteiger partial charge in [-0.15, -0.1) is 0 Å². The fraction of sp³-hybridized carbons (Fsp3) is 0.417. The van der Waals surface area contributed by atoms with E-state index in [-0.39, 0.29) is 11.4 Å². The summed E-state index contributed by atoms with van der Waals surface area (Å²) < 4.78 is 54.3. The van der Waals surface area contributed by atoms with Crippen molar-refractivity contribution in [3.8, 4) is 5.75 Å². The second-order valence-corrected chi connectivity index (χ2v) is 8.28. The monoisotopic (exact) mass is 347 g/mol. The Labute approximate surface area is 128 Å². The van der Waals surface area contributed by atoms with Crippen LogP contribution >= 0.6 is 0 Å². The molecule has 2 rings (SSSR count). The molecule has 0 bridgehead atoms. The van der Waals surface area contributed by atoms with Crippen molar-refractivity contribution in [2.45, 2.75) is 30.3 Å². The molecular weight excluding hydrogens is 330 g/mol. The molecule has 2 N–H and O–H groups in total. The topological polar surface area (TPSA) is 121 Å². The zero-order valence-corrected chi connectivity index (χ0v) is 13.8. The Balaban J connectivity index is 2.78. The standard InChI is InChI=1S/C12H17N3O5S2/c1-3-7-20-9-5-6-10-14-11(21(16,17)4-2)12(15(10)8-9)22(13,18)19/h5-6,8H,3-4,7H2,1-2H3,(H2,13,18,19). The molecule has 0 unspecified atom stereocenters.